The maximum atomic E-state index is 6.08. The van der Waals surface area contributed by atoms with Crippen LogP contribution in [0, 0.1) is 0 Å². The van der Waals surface area contributed by atoms with Crippen LogP contribution < -0.4 is 5.73 Å². The zero-order chi connectivity index (χ0) is 11.1. The van der Waals surface area contributed by atoms with Crippen LogP contribution in [0.3, 0.4) is 0 Å². The molecule has 1 aromatic heterocycles. The maximum absolute atomic E-state index is 6.08. The standard InChI is InChI=1S/C12H13ClN2/c1-12(2,14)11-9-6-4-3-5-8(9)10(13)7-15-11/h3-7H,14H2,1-2H3. The molecule has 0 spiro atoms. The summed E-state index contributed by atoms with van der Waals surface area (Å²) >= 11 is 6.08. The third-order valence-corrected chi connectivity index (χ3v) is 2.66. The van der Waals surface area contributed by atoms with Gasteiger partial charge in [-0.2, -0.15) is 0 Å². The molecule has 78 valence electrons. The summed E-state index contributed by atoms with van der Waals surface area (Å²) in [6.45, 7) is 3.88. The second-order valence-electron chi connectivity index (χ2n) is 4.22. The Kier molecular flexibility index (Phi) is 2.41. The van der Waals surface area contributed by atoms with Crippen molar-refractivity contribution in [3.63, 3.8) is 0 Å². The van der Waals surface area contributed by atoms with Gasteiger partial charge in [-0.15, -0.1) is 0 Å². The van der Waals surface area contributed by atoms with E-state index in [9.17, 15) is 0 Å². The van der Waals surface area contributed by atoms with E-state index in [0.717, 1.165) is 16.5 Å². The molecule has 0 aliphatic heterocycles. The van der Waals surface area contributed by atoms with Gasteiger partial charge in [0.1, 0.15) is 0 Å². The van der Waals surface area contributed by atoms with Crippen LogP contribution in [0.2, 0.25) is 5.02 Å². The monoisotopic (exact) mass is 220 g/mol. The van der Waals surface area contributed by atoms with Gasteiger partial charge in [-0.1, -0.05) is 35.9 Å². The highest BCUT2D eigenvalue weighted by atomic mass is 35.5. The summed E-state index contributed by atoms with van der Waals surface area (Å²) in [4.78, 5) is 4.32. The maximum Gasteiger partial charge on any atom is 0.0676 e. The van der Waals surface area contributed by atoms with Crippen molar-refractivity contribution in [3.05, 3.63) is 41.2 Å². The van der Waals surface area contributed by atoms with Gasteiger partial charge in [-0.25, -0.2) is 0 Å². The molecule has 1 heterocycles. The Hall–Kier alpha value is -1.12. The van der Waals surface area contributed by atoms with E-state index in [2.05, 4.69) is 4.98 Å². The SMILES string of the molecule is CC(C)(N)c1ncc(Cl)c2ccccc12. The first-order chi connectivity index (χ1) is 7.00. The predicted molar refractivity (Wildman–Crippen MR) is 64.0 cm³/mol. The van der Waals surface area contributed by atoms with E-state index in [0.29, 0.717) is 5.02 Å². The zero-order valence-electron chi connectivity index (χ0n) is 8.79. The Morgan fingerprint density at radius 3 is 2.40 bits per heavy atom. The molecule has 1 aromatic carbocycles. The number of aromatic nitrogens is 1. The molecule has 0 fully saturated rings. The van der Waals surface area contributed by atoms with Gasteiger partial charge >= 0.3 is 0 Å². The molecule has 15 heavy (non-hydrogen) atoms. The summed E-state index contributed by atoms with van der Waals surface area (Å²) in [5, 5.41) is 2.69. The molecule has 2 nitrogen and oxygen atoms in total. The first kappa shape index (κ1) is 10.4. The fourth-order valence-corrected chi connectivity index (χ4v) is 1.89. The quantitative estimate of drug-likeness (QED) is 0.802. The van der Waals surface area contributed by atoms with Crippen molar-refractivity contribution in [2.24, 2.45) is 5.73 Å². The van der Waals surface area contributed by atoms with Crippen LogP contribution in [-0.2, 0) is 5.54 Å². The smallest absolute Gasteiger partial charge is 0.0676 e. The molecule has 0 aliphatic rings. The molecule has 0 unspecified atom stereocenters. The van der Waals surface area contributed by atoms with Gasteiger partial charge < -0.3 is 5.73 Å². The first-order valence-electron chi connectivity index (χ1n) is 4.83. The van der Waals surface area contributed by atoms with E-state index in [4.69, 9.17) is 17.3 Å². The van der Waals surface area contributed by atoms with Gasteiger partial charge in [-0.05, 0) is 13.8 Å². The number of benzene rings is 1. The third kappa shape index (κ3) is 1.83. The fourth-order valence-electron chi connectivity index (χ4n) is 1.67. The van der Waals surface area contributed by atoms with E-state index in [1.54, 1.807) is 6.20 Å². The minimum atomic E-state index is -0.454. The van der Waals surface area contributed by atoms with E-state index >= 15 is 0 Å². The molecule has 2 rings (SSSR count). The molecule has 2 N–H and O–H groups in total. The first-order valence-corrected chi connectivity index (χ1v) is 5.20. The van der Waals surface area contributed by atoms with Crippen LogP contribution >= 0.6 is 11.6 Å². The van der Waals surface area contributed by atoms with Crippen molar-refractivity contribution in [1.82, 2.24) is 4.98 Å². The number of hydrogen-bond donors (Lipinski definition) is 1. The highest BCUT2D eigenvalue weighted by molar-refractivity contribution is 6.35. The lowest BCUT2D eigenvalue weighted by molar-refractivity contribution is 0.541. The summed E-state index contributed by atoms with van der Waals surface area (Å²) < 4.78 is 0. The molecule has 0 saturated carbocycles. The van der Waals surface area contributed by atoms with Crippen LogP contribution in [0.15, 0.2) is 30.5 Å². The van der Waals surface area contributed by atoms with Gasteiger partial charge in [0.2, 0.25) is 0 Å². The molecule has 0 amide bonds. The second kappa shape index (κ2) is 3.47. The Morgan fingerprint density at radius 1 is 1.20 bits per heavy atom. The van der Waals surface area contributed by atoms with Gasteiger partial charge in [0.15, 0.2) is 0 Å². The zero-order valence-corrected chi connectivity index (χ0v) is 9.55. The third-order valence-electron chi connectivity index (χ3n) is 2.36. The number of rotatable bonds is 1. The van der Waals surface area contributed by atoms with Crippen molar-refractivity contribution in [2.45, 2.75) is 19.4 Å². The molecular weight excluding hydrogens is 208 g/mol. The fraction of sp³-hybridized carbons (Fsp3) is 0.250. The summed E-state index contributed by atoms with van der Waals surface area (Å²) in [5.41, 5.74) is 6.49. The molecule has 0 saturated heterocycles. The predicted octanol–water partition coefficient (Wildman–Crippen LogP) is 3.08. The van der Waals surface area contributed by atoms with E-state index in [1.165, 1.54) is 0 Å². The highest BCUT2D eigenvalue weighted by Gasteiger charge is 2.19. The topological polar surface area (TPSA) is 38.9 Å². The number of halogens is 1. The van der Waals surface area contributed by atoms with E-state index < -0.39 is 5.54 Å². The molecule has 0 bridgehead atoms. The highest BCUT2D eigenvalue weighted by Crippen LogP contribution is 2.29. The molecule has 0 radical (unpaired) electrons. The largest absolute Gasteiger partial charge is 0.321 e. The molecule has 0 atom stereocenters. The lowest BCUT2D eigenvalue weighted by Crippen LogP contribution is -2.30. The van der Waals surface area contributed by atoms with Gasteiger partial charge in [-0.3, -0.25) is 4.98 Å². The van der Waals surface area contributed by atoms with Crippen LogP contribution in [0.1, 0.15) is 19.5 Å². The van der Waals surface area contributed by atoms with Crippen LogP contribution in [-0.4, -0.2) is 4.98 Å². The lowest BCUT2D eigenvalue weighted by Gasteiger charge is -2.20. The van der Waals surface area contributed by atoms with Gasteiger partial charge in [0.05, 0.1) is 16.3 Å². The summed E-state index contributed by atoms with van der Waals surface area (Å²) in [7, 11) is 0. The molecule has 0 aliphatic carbocycles. The normalized spacial score (nSPS) is 12.0. The number of nitrogens with two attached hydrogens (primary N) is 1. The minimum absolute atomic E-state index is 0.454. The Labute approximate surface area is 94.1 Å². The Bertz CT molecular complexity index is 500. The number of nitrogens with zero attached hydrogens (tertiary/aromatic N) is 1. The Morgan fingerprint density at radius 2 is 1.80 bits per heavy atom. The van der Waals surface area contributed by atoms with Crippen LogP contribution in [0.5, 0.6) is 0 Å². The molecular formula is C12H13ClN2. The van der Waals surface area contributed by atoms with Crippen LogP contribution in [0.25, 0.3) is 10.8 Å². The van der Waals surface area contributed by atoms with Crippen molar-refractivity contribution >= 4 is 22.4 Å². The van der Waals surface area contributed by atoms with Crippen molar-refractivity contribution in [3.8, 4) is 0 Å². The van der Waals surface area contributed by atoms with Gasteiger partial charge in [0, 0.05) is 17.0 Å². The summed E-state index contributed by atoms with van der Waals surface area (Å²) in [5.74, 6) is 0. The van der Waals surface area contributed by atoms with Crippen molar-refractivity contribution < 1.29 is 0 Å². The van der Waals surface area contributed by atoms with Crippen LogP contribution in [0.4, 0.5) is 0 Å². The van der Waals surface area contributed by atoms with E-state index in [1.807, 2.05) is 38.1 Å². The van der Waals surface area contributed by atoms with Crippen molar-refractivity contribution in [2.75, 3.05) is 0 Å². The van der Waals surface area contributed by atoms with Crippen molar-refractivity contribution in [1.29, 1.82) is 0 Å². The minimum Gasteiger partial charge on any atom is -0.321 e. The Balaban J connectivity index is 2.84. The number of fused-ring (bicyclic) bond motifs is 1. The number of pyridine rings is 1. The molecule has 2 aromatic rings. The van der Waals surface area contributed by atoms with Gasteiger partial charge in [0.25, 0.3) is 0 Å². The molecule has 3 heteroatoms. The average Bonchev–Trinajstić information content (AvgIpc) is 2.17. The van der Waals surface area contributed by atoms with E-state index in [-0.39, 0.29) is 0 Å². The second-order valence-corrected chi connectivity index (χ2v) is 4.63. The summed E-state index contributed by atoms with van der Waals surface area (Å²) in [6, 6.07) is 7.91. The average molecular weight is 221 g/mol. The number of hydrogen-bond acceptors (Lipinski definition) is 2. The summed E-state index contributed by atoms with van der Waals surface area (Å²) in [6.07, 6.45) is 1.66. The lowest BCUT2D eigenvalue weighted by atomic mass is 9.96.